The summed E-state index contributed by atoms with van der Waals surface area (Å²) in [6, 6.07) is 5.04. The first-order chi connectivity index (χ1) is 14.8. The number of ether oxygens (including phenoxy) is 1. The second-order valence-electron chi connectivity index (χ2n) is 7.84. The molecule has 0 aromatic heterocycles. The van der Waals surface area contributed by atoms with Crippen molar-refractivity contribution in [2.75, 3.05) is 31.6 Å². The molecule has 1 aromatic carbocycles. The highest BCUT2D eigenvalue weighted by Crippen LogP contribution is 2.28. The van der Waals surface area contributed by atoms with E-state index in [1.54, 1.807) is 13.0 Å². The third-order valence-electron chi connectivity index (χ3n) is 5.65. The van der Waals surface area contributed by atoms with Gasteiger partial charge >= 0.3 is 5.97 Å². The Morgan fingerprint density at radius 1 is 1.32 bits per heavy atom. The van der Waals surface area contributed by atoms with Crippen LogP contribution in [0, 0.1) is 5.82 Å². The summed E-state index contributed by atoms with van der Waals surface area (Å²) in [5, 5.41) is 3.28. The maximum absolute atomic E-state index is 14.4. The van der Waals surface area contributed by atoms with Crippen LogP contribution in [0.4, 0.5) is 10.1 Å². The number of hydrogen-bond acceptors (Lipinski definition) is 4. The van der Waals surface area contributed by atoms with E-state index in [9.17, 15) is 9.18 Å². The van der Waals surface area contributed by atoms with Gasteiger partial charge in [-0.15, -0.1) is 0 Å². The van der Waals surface area contributed by atoms with Crippen LogP contribution in [0.2, 0.25) is 0 Å². The van der Waals surface area contributed by atoms with E-state index < -0.39 is 0 Å². The summed E-state index contributed by atoms with van der Waals surface area (Å²) in [4.78, 5) is 13.9. The Hall–Kier alpha value is -2.82. The van der Waals surface area contributed by atoms with Gasteiger partial charge in [0, 0.05) is 37.4 Å². The Kier molecular flexibility index (Phi) is 9.57. The van der Waals surface area contributed by atoms with Gasteiger partial charge in [0.1, 0.15) is 5.82 Å². The molecule has 0 amide bonds. The quantitative estimate of drug-likeness (QED) is 0.339. The van der Waals surface area contributed by atoms with Crippen molar-refractivity contribution < 1.29 is 13.9 Å². The van der Waals surface area contributed by atoms with Crippen LogP contribution in [0.15, 0.2) is 66.4 Å². The second-order valence-corrected chi connectivity index (χ2v) is 7.84. The zero-order valence-corrected chi connectivity index (χ0v) is 18.9. The molecular formula is C26H35FN2O2. The van der Waals surface area contributed by atoms with Gasteiger partial charge < -0.3 is 15.0 Å². The Morgan fingerprint density at radius 2 is 2.10 bits per heavy atom. The van der Waals surface area contributed by atoms with Crippen molar-refractivity contribution in [3.05, 3.63) is 77.8 Å². The molecule has 0 saturated heterocycles. The number of nitrogens with one attached hydrogen (secondary N) is 1. The standard InChI is InChI=1S/C26H35FN2O2/c1-6-19(3)14-16-29-15-8-9-24(21(29)5)20(4)18-28-23-12-10-22(25(27)17-23)11-13-26(30)31-7-2/h6,10,12,17,28H,1,3-4,7-9,11,13-16,18H2,2,5H3. The van der Waals surface area contributed by atoms with Gasteiger partial charge in [0.2, 0.25) is 0 Å². The molecule has 4 nitrogen and oxygen atoms in total. The maximum Gasteiger partial charge on any atom is 0.306 e. The first-order valence-electron chi connectivity index (χ1n) is 11.0. The lowest BCUT2D eigenvalue weighted by atomic mass is 9.95. The van der Waals surface area contributed by atoms with E-state index >= 15 is 0 Å². The van der Waals surface area contributed by atoms with Gasteiger partial charge in [-0.05, 0) is 68.4 Å². The van der Waals surface area contributed by atoms with E-state index in [1.807, 2.05) is 12.1 Å². The van der Waals surface area contributed by atoms with Crippen molar-refractivity contribution in [1.29, 1.82) is 0 Å². The van der Waals surface area contributed by atoms with Gasteiger partial charge in [-0.25, -0.2) is 4.39 Å². The number of allylic oxidation sites excluding steroid dienone is 2. The van der Waals surface area contributed by atoms with Crippen molar-refractivity contribution in [2.24, 2.45) is 0 Å². The minimum atomic E-state index is -0.318. The van der Waals surface area contributed by atoms with E-state index in [1.165, 1.54) is 17.3 Å². The number of esters is 1. The molecule has 0 saturated carbocycles. The minimum absolute atomic E-state index is 0.179. The van der Waals surface area contributed by atoms with E-state index in [0.29, 0.717) is 30.8 Å². The molecule has 1 N–H and O–H groups in total. The first-order valence-corrected chi connectivity index (χ1v) is 11.0. The van der Waals surface area contributed by atoms with Crippen LogP contribution in [0.1, 0.15) is 45.1 Å². The second kappa shape index (κ2) is 12.1. The van der Waals surface area contributed by atoms with Crippen molar-refractivity contribution >= 4 is 11.7 Å². The molecule has 0 radical (unpaired) electrons. The molecule has 1 aliphatic heterocycles. The predicted octanol–water partition coefficient (Wildman–Crippen LogP) is 5.79. The zero-order valence-electron chi connectivity index (χ0n) is 18.9. The van der Waals surface area contributed by atoms with Crippen molar-refractivity contribution in [3.8, 4) is 0 Å². The molecule has 0 unspecified atom stereocenters. The van der Waals surface area contributed by atoms with Crippen LogP contribution < -0.4 is 5.32 Å². The van der Waals surface area contributed by atoms with Crippen LogP contribution >= 0.6 is 0 Å². The summed E-state index contributed by atoms with van der Waals surface area (Å²) in [6.07, 6.45) is 5.33. The molecule has 0 fully saturated rings. The molecule has 168 valence electrons. The number of benzene rings is 1. The molecule has 1 aromatic rings. The molecular weight excluding hydrogens is 391 g/mol. The van der Waals surface area contributed by atoms with E-state index in [0.717, 1.165) is 43.5 Å². The summed E-state index contributed by atoms with van der Waals surface area (Å²) in [6.45, 7) is 18.8. The van der Waals surface area contributed by atoms with Gasteiger partial charge in [0.05, 0.1) is 6.61 Å². The monoisotopic (exact) mass is 426 g/mol. The molecule has 0 atom stereocenters. The lowest BCUT2D eigenvalue weighted by molar-refractivity contribution is -0.143. The van der Waals surface area contributed by atoms with Crippen LogP contribution in [0.5, 0.6) is 0 Å². The normalized spacial score (nSPS) is 13.7. The Morgan fingerprint density at radius 3 is 2.77 bits per heavy atom. The summed E-state index contributed by atoms with van der Waals surface area (Å²) in [7, 11) is 0. The SMILES string of the molecule is C=CC(=C)CCN1CCCC(C(=C)CNc2ccc(CCC(=O)OCC)c(F)c2)=C1C. The van der Waals surface area contributed by atoms with Gasteiger partial charge in [0.15, 0.2) is 0 Å². The van der Waals surface area contributed by atoms with Crippen LogP contribution in [0.3, 0.4) is 0 Å². The maximum atomic E-state index is 14.4. The summed E-state index contributed by atoms with van der Waals surface area (Å²) in [5.74, 6) is -0.624. The Labute approximate surface area is 186 Å². The average Bonchev–Trinajstić information content (AvgIpc) is 2.76. The fourth-order valence-corrected chi connectivity index (χ4v) is 3.72. The Balaban J connectivity index is 1.93. The van der Waals surface area contributed by atoms with Crippen LogP contribution in [-0.4, -0.2) is 37.1 Å². The van der Waals surface area contributed by atoms with E-state index in [-0.39, 0.29) is 18.2 Å². The highest BCUT2D eigenvalue weighted by Gasteiger charge is 2.18. The van der Waals surface area contributed by atoms with E-state index in [4.69, 9.17) is 4.74 Å². The molecule has 0 spiro atoms. The molecule has 2 rings (SSSR count). The van der Waals surface area contributed by atoms with Crippen molar-refractivity contribution in [1.82, 2.24) is 4.90 Å². The number of hydrogen-bond donors (Lipinski definition) is 1. The summed E-state index contributed by atoms with van der Waals surface area (Å²) in [5.41, 5.74) is 5.82. The molecule has 0 aliphatic carbocycles. The third-order valence-corrected chi connectivity index (χ3v) is 5.65. The topological polar surface area (TPSA) is 41.6 Å². The minimum Gasteiger partial charge on any atom is -0.466 e. The lowest BCUT2D eigenvalue weighted by Gasteiger charge is -2.33. The lowest BCUT2D eigenvalue weighted by Crippen LogP contribution is -2.29. The summed E-state index contributed by atoms with van der Waals surface area (Å²) < 4.78 is 19.3. The number of aryl methyl sites for hydroxylation is 1. The van der Waals surface area contributed by atoms with Gasteiger partial charge in [0.25, 0.3) is 0 Å². The number of rotatable bonds is 12. The first kappa shape index (κ1) is 24.4. The van der Waals surface area contributed by atoms with E-state index in [2.05, 4.69) is 36.9 Å². The van der Waals surface area contributed by atoms with Crippen LogP contribution in [0.25, 0.3) is 0 Å². The molecule has 0 bridgehead atoms. The van der Waals surface area contributed by atoms with Gasteiger partial charge in [-0.2, -0.15) is 0 Å². The number of halogens is 1. The Bertz CT molecular complexity index is 857. The fraction of sp³-hybridized carbons (Fsp3) is 0.423. The number of carbonyl (C=O) groups is 1. The summed E-state index contributed by atoms with van der Waals surface area (Å²) >= 11 is 0. The highest BCUT2D eigenvalue weighted by molar-refractivity contribution is 5.69. The van der Waals surface area contributed by atoms with Crippen molar-refractivity contribution in [2.45, 2.75) is 46.0 Å². The molecule has 5 heteroatoms. The zero-order chi connectivity index (χ0) is 22.8. The number of carbonyl (C=O) groups excluding carboxylic acids is 1. The number of nitrogens with zero attached hydrogens (tertiary/aromatic N) is 1. The predicted molar refractivity (Wildman–Crippen MR) is 126 cm³/mol. The molecule has 31 heavy (non-hydrogen) atoms. The largest absolute Gasteiger partial charge is 0.466 e. The molecule has 1 heterocycles. The molecule has 1 aliphatic rings. The van der Waals surface area contributed by atoms with Crippen molar-refractivity contribution in [3.63, 3.8) is 0 Å². The van der Waals surface area contributed by atoms with Gasteiger partial charge in [-0.3, -0.25) is 4.79 Å². The highest BCUT2D eigenvalue weighted by atomic mass is 19.1. The van der Waals surface area contributed by atoms with Gasteiger partial charge in [-0.1, -0.05) is 37.5 Å². The third kappa shape index (κ3) is 7.42. The fourth-order valence-electron chi connectivity index (χ4n) is 3.72. The average molecular weight is 427 g/mol. The number of anilines is 1. The smallest absolute Gasteiger partial charge is 0.306 e. The van der Waals surface area contributed by atoms with Crippen LogP contribution in [-0.2, 0) is 16.0 Å².